The summed E-state index contributed by atoms with van der Waals surface area (Å²) in [6, 6.07) is -0.528. The fraction of sp³-hybridized carbons (Fsp3) is 0.976. The molecule has 0 aromatic carbocycles. The lowest BCUT2D eigenvalue weighted by Gasteiger charge is -2.22. The second-order valence-electron chi connectivity index (χ2n) is 14.8. The predicted molar refractivity (Wildman–Crippen MR) is 203 cm³/mol. The summed E-state index contributed by atoms with van der Waals surface area (Å²) in [6.45, 7) is 4.38. The van der Waals surface area contributed by atoms with Crippen molar-refractivity contribution in [2.45, 2.75) is 257 Å². The van der Waals surface area contributed by atoms with Crippen molar-refractivity contribution < 1.29 is 15.0 Å². The van der Waals surface area contributed by atoms with Gasteiger partial charge in [0, 0.05) is 6.42 Å². The first-order valence-electron chi connectivity index (χ1n) is 21.2. The molecule has 0 aliphatic carbocycles. The van der Waals surface area contributed by atoms with Gasteiger partial charge >= 0.3 is 0 Å². The topological polar surface area (TPSA) is 69.6 Å². The largest absolute Gasteiger partial charge is 0.394 e. The standard InChI is InChI=1S/C42H85NO3/c1-3-5-7-9-11-13-15-17-19-21-23-25-27-29-31-33-35-37-41(45)40(39-44)43-42(46)38-36-34-32-30-28-26-24-22-20-18-16-14-12-10-8-6-4-2/h40-41,44-45H,3-39H2,1-2H3,(H,43,46)/t40-,41+/m0/s1. The van der Waals surface area contributed by atoms with Crippen molar-refractivity contribution in [2.24, 2.45) is 0 Å². The molecule has 0 rings (SSSR count). The van der Waals surface area contributed by atoms with Crippen LogP contribution in [0.1, 0.15) is 245 Å². The van der Waals surface area contributed by atoms with Gasteiger partial charge in [-0.05, 0) is 12.8 Å². The van der Waals surface area contributed by atoms with Crippen LogP contribution in [0.3, 0.4) is 0 Å². The van der Waals surface area contributed by atoms with Crippen LogP contribution in [0.25, 0.3) is 0 Å². The molecule has 0 bridgehead atoms. The molecule has 2 atom stereocenters. The minimum atomic E-state index is -0.652. The molecule has 0 saturated carbocycles. The molecule has 0 radical (unpaired) electrons. The van der Waals surface area contributed by atoms with E-state index in [1.54, 1.807) is 0 Å². The van der Waals surface area contributed by atoms with E-state index in [9.17, 15) is 15.0 Å². The number of amides is 1. The summed E-state index contributed by atoms with van der Waals surface area (Å²) in [5.74, 6) is -0.0264. The van der Waals surface area contributed by atoms with Crippen molar-refractivity contribution >= 4 is 5.91 Å². The zero-order chi connectivity index (χ0) is 33.6. The van der Waals surface area contributed by atoms with Gasteiger partial charge < -0.3 is 15.5 Å². The van der Waals surface area contributed by atoms with E-state index in [-0.39, 0.29) is 12.5 Å². The van der Waals surface area contributed by atoms with E-state index in [2.05, 4.69) is 19.2 Å². The third kappa shape index (κ3) is 34.7. The second kappa shape index (κ2) is 38.8. The molecule has 0 aliphatic heterocycles. The lowest BCUT2D eigenvalue weighted by molar-refractivity contribution is -0.123. The fourth-order valence-electron chi connectivity index (χ4n) is 6.83. The average Bonchev–Trinajstić information content (AvgIpc) is 3.06. The van der Waals surface area contributed by atoms with Gasteiger partial charge in [0.25, 0.3) is 0 Å². The van der Waals surface area contributed by atoms with Crippen LogP contribution in [0.15, 0.2) is 0 Å². The van der Waals surface area contributed by atoms with Gasteiger partial charge in [-0.15, -0.1) is 0 Å². The van der Waals surface area contributed by atoms with E-state index in [1.807, 2.05) is 0 Å². The summed E-state index contributed by atoms with van der Waals surface area (Å²) >= 11 is 0. The molecule has 3 N–H and O–H groups in total. The number of hydrogen-bond acceptors (Lipinski definition) is 3. The molecule has 0 heterocycles. The Morgan fingerprint density at radius 3 is 0.978 bits per heavy atom. The first-order chi connectivity index (χ1) is 22.7. The SMILES string of the molecule is CCCCCCCCCCCCCCCCCCCC(=O)N[C@@H](CO)[C@H](O)CCCCCCCCCCCCCCCCCCC. The maximum Gasteiger partial charge on any atom is 0.220 e. The van der Waals surface area contributed by atoms with Crippen LogP contribution in [0, 0.1) is 0 Å². The Kier molecular flexibility index (Phi) is 38.3. The van der Waals surface area contributed by atoms with E-state index in [1.165, 1.54) is 193 Å². The maximum atomic E-state index is 12.4. The van der Waals surface area contributed by atoms with Crippen molar-refractivity contribution in [1.82, 2.24) is 5.32 Å². The first-order valence-corrected chi connectivity index (χ1v) is 21.2. The average molecular weight is 652 g/mol. The van der Waals surface area contributed by atoms with Gasteiger partial charge in [-0.1, -0.05) is 226 Å². The van der Waals surface area contributed by atoms with E-state index in [0.717, 1.165) is 25.7 Å². The molecule has 0 aliphatic rings. The van der Waals surface area contributed by atoms with Crippen molar-refractivity contribution in [2.75, 3.05) is 6.61 Å². The Hall–Kier alpha value is -0.610. The van der Waals surface area contributed by atoms with Crippen LogP contribution in [0.2, 0.25) is 0 Å². The van der Waals surface area contributed by atoms with Gasteiger partial charge in [-0.2, -0.15) is 0 Å². The summed E-state index contributed by atoms with van der Waals surface area (Å²) in [6.07, 6.45) is 46.0. The number of carbonyl (C=O) groups is 1. The first kappa shape index (κ1) is 45.4. The molecule has 4 nitrogen and oxygen atoms in total. The molecule has 0 aromatic rings. The zero-order valence-electron chi connectivity index (χ0n) is 31.6. The highest BCUT2D eigenvalue weighted by Crippen LogP contribution is 2.17. The molecule has 0 spiro atoms. The van der Waals surface area contributed by atoms with Crippen LogP contribution >= 0.6 is 0 Å². The monoisotopic (exact) mass is 652 g/mol. The quantitative estimate of drug-likeness (QED) is 0.0579. The summed E-state index contributed by atoms with van der Waals surface area (Å²) in [5, 5.41) is 23.2. The third-order valence-corrected chi connectivity index (χ3v) is 10.1. The van der Waals surface area contributed by atoms with Crippen LogP contribution in [0.4, 0.5) is 0 Å². The summed E-state index contributed by atoms with van der Waals surface area (Å²) in [4.78, 5) is 12.4. The lowest BCUT2D eigenvalue weighted by Crippen LogP contribution is -2.45. The lowest BCUT2D eigenvalue weighted by atomic mass is 10.0. The highest BCUT2D eigenvalue weighted by molar-refractivity contribution is 5.76. The fourth-order valence-corrected chi connectivity index (χ4v) is 6.83. The highest BCUT2D eigenvalue weighted by atomic mass is 16.3. The molecule has 0 aromatic heterocycles. The highest BCUT2D eigenvalue weighted by Gasteiger charge is 2.20. The minimum Gasteiger partial charge on any atom is -0.394 e. The number of aliphatic hydroxyl groups excluding tert-OH is 2. The molecular weight excluding hydrogens is 566 g/mol. The number of nitrogens with one attached hydrogen (secondary N) is 1. The summed E-state index contributed by atoms with van der Waals surface area (Å²) < 4.78 is 0. The Morgan fingerprint density at radius 1 is 0.435 bits per heavy atom. The summed E-state index contributed by atoms with van der Waals surface area (Å²) in [7, 11) is 0. The van der Waals surface area contributed by atoms with Gasteiger partial charge in [0.05, 0.1) is 18.8 Å². The second-order valence-corrected chi connectivity index (χ2v) is 14.8. The Bertz CT molecular complexity index is 583. The Labute approximate surface area is 289 Å². The minimum absolute atomic E-state index is 0.0264. The maximum absolute atomic E-state index is 12.4. The molecule has 46 heavy (non-hydrogen) atoms. The Morgan fingerprint density at radius 2 is 0.696 bits per heavy atom. The van der Waals surface area contributed by atoms with Gasteiger partial charge in [0.1, 0.15) is 0 Å². The Balaban J connectivity index is 3.48. The zero-order valence-corrected chi connectivity index (χ0v) is 31.6. The molecular formula is C42H85NO3. The van der Waals surface area contributed by atoms with Crippen LogP contribution in [0.5, 0.6) is 0 Å². The van der Waals surface area contributed by atoms with Crippen LogP contribution in [-0.2, 0) is 4.79 Å². The van der Waals surface area contributed by atoms with Crippen molar-refractivity contribution in [3.8, 4) is 0 Å². The number of rotatable bonds is 39. The molecule has 1 amide bonds. The van der Waals surface area contributed by atoms with Gasteiger partial charge in [0.2, 0.25) is 5.91 Å². The van der Waals surface area contributed by atoms with E-state index in [4.69, 9.17) is 0 Å². The summed E-state index contributed by atoms with van der Waals surface area (Å²) in [5.41, 5.74) is 0. The number of aliphatic hydroxyl groups is 2. The number of hydrogen-bond donors (Lipinski definition) is 3. The van der Waals surface area contributed by atoms with Crippen LogP contribution < -0.4 is 5.32 Å². The van der Waals surface area contributed by atoms with E-state index in [0.29, 0.717) is 12.8 Å². The smallest absolute Gasteiger partial charge is 0.220 e. The van der Waals surface area contributed by atoms with Gasteiger partial charge in [-0.3, -0.25) is 4.79 Å². The van der Waals surface area contributed by atoms with Crippen molar-refractivity contribution in [3.63, 3.8) is 0 Å². The number of unbranched alkanes of at least 4 members (excludes halogenated alkanes) is 32. The predicted octanol–water partition coefficient (Wildman–Crippen LogP) is 12.9. The normalized spacial score (nSPS) is 12.9. The molecule has 0 saturated heterocycles. The van der Waals surface area contributed by atoms with E-state index < -0.39 is 12.1 Å². The molecule has 0 unspecified atom stereocenters. The van der Waals surface area contributed by atoms with Gasteiger partial charge in [0.15, 0.2) is 0 Å². The molecule has 276 valence electrons. The van der Waals surface area contributed by atoms with E-state index >= 15 is 0 Å². The molecule has 4 heteroatoms. The van der Waals surface area contributed by atoms with Crippen molar-refractivity contribution in [3.05, 3.63) is 0 Å². The molecule has 0 fully saturated rings. The third-order valence-electron chi connectivity index (χ3n) is 10.1. The van der Waals surface area contributed by atoms with Gasteiger partial charge in [-0.25, -0.2) is 0 Å². The van der Waals surface area contributed by atoms with Crippen LogP contribution in [-0.4, -0.2) is 34.9 Å². The van der Waals surface area contributed by atoms with Crippen molar-refractivity contribution in [1.29, 1.82) is 0 Å². The number of carbonyl (C=O) groups excluding carboxylic acids is 1.